The average Bonchev–Trinajstić information content (AvgIpc) is 3.10. The van der Waals surface area contributed by atoms with Crippen molar-refractivity contribution in [2.24, 2.45) is 11.1 Å². The Morgan fingerprint density at radius 2 is 2.11 bits per heavy atom. The largest absolute Gasteiger partial charge is 0.338 e. The van der Waals surface area contributed by atoms with Gasteiger partial charge in [0.25, 0.3) is 0 Å². The Kier molecular flexibility index (Phi) is 3.14. The molecule has 3 rings (SSSR count). The van der Waals surface area contributed by atoms with Gasteiger partial charge >= 0.3 is 0 Å². The van der Waals surface area contributed by atoms with Crippen LogP contribution in [0.4, 0.5) is 0 Å². The zero-order chi connectivity index (χ0) is 13.6. The van der Waals surface area contributed by atoms with Crippen molar-refractivity contribution in [3.8, 4) is 0 Å². The Morgan fingerprint density at radius 1 is 1.37 bits per heavy atom. The number of aromatic nitrogens is 2. The summed E-state index contributed by atoms with van der Waals surface area (Å²) in [7, 11) is 0. The molecule has 106 valence electrons. The first-order chi connectivity index (χ1) is 8.97. The molecule has 2 atom stereocenters. The van der Waals surface area contributed by atoms with Gasteiger partial charge in [-0.3, -0.25) is 4.90 Å². The molecule has 1 aliphatic heterocycles. The van der Waals surface area contributed by atoms with Crippen LogP contribution in [0.15, 0.2) is 4.52 Å². The van der Waals surface area contributed by atoms with Crippen molar-refractivity contribution in [1.29, 1.82) is 0 Å². The second kappa shape index (κ2) is 4.56. The van der Waals surface area contributed by atoms with Gasteiger partial charge in [-0.1, -0.05) is 19.0 Å². The van der Waals surface area contributed by atoms with Crippen molar-refractivity contribution >= 4 is 0 Å². The molecule has 1 saturated carbocycles. The Bertz CT molecular complexity index is 452. The number of rotatable bonds is 3. The van der Waals surface area contributed by atoms with E-state index in [1.54, 1.807) is 0 Å². The second-order valence-corrected chi connectivity index (χ2v) is 6.80. The van der Waals surface area contributed by atoms with Gasteiger partial charge in [0.2, 0.25) is 5.89 Å². The number of piperidine rings is 1. The Hall–Kier alpha value is -0.940. The maximum atomic E-state index is 6.19. The van der Waals surface area contributed by atoms with Gasteiger partial charge in [-0.2, -0.15) is 4.98 Å². The fourth-order valence-corrected chi connectivity index (χ4v) is 2.83. The molecule has 1 aliphatic carbocycles. The molecule has 5 heteroatoms. The highest BCUT2D eigenvalue weighted by Crippen LogP contribution is 2.39. The van der Waals surface area contributed by atoms with Crippen LogP contribution in [-0.2, 0) is 0 Å². The first-order valence-corrected chi connectivity index (χ1v) is 7.30. The number of hydrogen-bond donors (Lipinski definition) is 1. The summed E-state index contributed by atoms with van der Waals surface area (Å²) in [6.45, 7) is 8.61. The predicted octanol–water partition coefficient (Wildman–Crippen LogP) is 2.07. The average molecular weight is 264 g/mol. The van der Waals surface area contributed by atoms with E-state index in [4.69, 9.17) is 10.3 Å². The summed E-state index contributed by atoms with van der Waals surface area (Å²) < 4.78 is 5.44. The van der Waals surface area contributed by atoms with E-state index in [1.807, 2.05) is 0 Å². The third kappa shape index (κ3) is 2.54. The lowest BCUT2D eigenvalue weighted by Gasteiger charge is -2.44. The first kappa shape index (κ1) is 13.1. The molecule has 1 saturated heterocycles. The van der Waals surface area contributed by atoms with Gasteiger partial charge in [0.1, 0.15) is 0 Å². The van der Waals surface area contributed by atoms with E-state index in [2.05, 4.69) is 35.8 Å². The minimum absolute atomic E-state index is 0.145. The smallest absolute Gasteiger partial charge is 0.243 e. The Labute approximate surface area is 114 Å². The quantitative estimate of drug-likeness (QED) is 0.905. The molecule has 19 heavy (non-hydrogen) atoms. The molecule has 0 spiro atoms. The van der Waals surface area contributed by atoms with Crippen LogP contribution in [0.1, 0.15) is 63.7 Å². The predicted molar refractivity (Wildman–Crippen MR) is 72.6 cm³/mol. The summed E-state index contributed by atoms with van der Waals surface area (Å²) in [5.74, 6) is 2.21. The minimum Gasteiger partial charge on any atom is -0.338 e. The summed E-state index contributed by atoms with van der Waals surface area (Å²) in [5.41, 5.74) is 6.33. The molecule has 1 aromatic heterocycles. The fraction of sp³-hybridized carbons (Fsp3) is 0.857. The zero-order valence-electron chi connectivity index (χ0n) is 12.1. The van der Waals surface area contributed by atoms with Crippen molar-refractivity contribution in [2.75, 3.05) is 13.1 Å². The maximum absolute atomic E-state index is 6.19. The molecule has 0 aromatic carbocycles. The number of nitrogens with two attached hydrogens (primary N) is 1. The van der Waals surface area contributed by atoms with Gasteiger partial charge in [0.15, 0.2) is 5.82 Å². The molecule has 0 amide bonds. The SMILES string of the molecule is CC(c1nc(C2CC2)no1)N1CCC(N)C(C)(C)C1. The molecular weight excluding hydrogens is 240 g/mol. The van der Waals surface area contributed by atoms with Gasteiger partial charge in [-0.05, 0) is 31.6 Å². The standard InChI is InChI=1S/C14H24N4O/c1-9(13-16-12(17-19-13)10-4-5-10)18-7-6-11(15)14(2,3)8-18/h9-11H,4-8,15H2,1-3H3. The van der Waals surface area contributed by atoms with Crippen LogP contribution in [0.25, 0.3) is 0 Å². The van der Waals surface area contributed by atoms with Crippen molar-refractivity contribution in [3.05, 3.63) is 11.7 Å². The number of hydrogen-bond acceptors (Lipinski definition) is 5. The molecule has 2 heterocycles. The van der Waals surface area contributed by atoms with Crippen LogP contribution in [0, 0.1) is 5.41 Å². The lowest BCUT2D eigenvalue weighted by molar-refractivity contribution is 0.0549. The number of likely N-dealkylation sites (tertiary alicyclic amines) is 1. The molecule has 2 unspecified atom stereocenters. The summed E-state index contributed by atoms with van der Waals surface area (Å²) >= 11 is 0. The van der Waals surface area contributed by atoms with Crippen molar-refractivity contribution in [3.63, 3.8) is 0 Å². The first-order valence-electron chi connectivity index (χ1n) is 7.30. The van der Waals surface area contributed by atoms with E-state index in [1.165, 1.54) is 12.8 Å². The molecule has 2 aliphatic rings. The molecule has 2 N–H and O–H groups in total. The van der Waals surface area contributed by atoms with Crippen LogP contribution in [0.5, 0.6) is 0 Å². The van der Waals surface area contributed by atoms with Crippen molar-refractivity contribution in [1.82, 2.24) is 15.0 Å². The maximum Gasteiger partial charge on any atom is 0.243 e. The molecule has 0 bridgehead atoms. The van der Waals surface area contributed by atoms with Gasteiger partial charge in [0.05, 0.1) is 6.04 Å². The van der Waals surface area contributed by atoms with Crippen molar-refractivity contribution < 1.29 is 4.52 Å². The molecule has 0 radical (unpaired) electrons. The molecular formula is C14H24N4O. The molecule has 2 fully saturated rings. The third-order valence-electron chi connectivity index (χ3n) is 4.65. The van der Waals surface area contributed by atoms with E-state index >= 15 is 0 Å². The van der Waals surface area contributed by atoms with E-state index < -0.39 is 0 Å². The van der Waals surface area contributed by atoms with Crippen LogP contribution in [0.2, 0.25) is 0 Å². The highest BCUT2D eigenvalue weighted by Gasteiger charge is 2.37. The zero-order valence-corrected chi connectivity index (χ0v) is 12.1. The van der Waals surface area contributed by atoms with Crippen LogP contribution < -0.4 is 5.73 Å². The van der Waals surface area contributed by atoms with E-state index in [9.17, 15) is 0 Å². The Balaban J connectivity index is 1.70. The van der Waals surface area contributed by atoms with E-state index in [0.717, 1.165) is 31.2 Å². The Morgan fingerprint density at radius 3 is 2.74 bits per heavy atom. The summed E-state index contributed by atoms with van der Waals surface area (Å²) in [6, 6.07) is 0.465. The van der Waals surface area contributed by atoms with Crippen LogP contribution in [0.3, 0.4) is 0 Å². The number of nitrogens with zero attached hydrogens (tertiary/aromatic N) is 3. The van der Waals surface area contributed by atoms with Crippen LogP contribution in [-0.4, -0.2) is 34.2 Å². The highest BCUT2D eigenvalue weighted by molar-refractivity contribution is 5.05. The molecule has 5 nitrogen and oxygen atoms in total. The summed E-state index contributed by atoms with van der Waals surface area (Å²) in [4.78, 5) is 6.97. The molecule has 1 aromatic rings. The lowest BCUT2D eigenvalue weighted by atomic mass is 9.79. The van der Waals surface area contributed by atoms with Crippen molar-refractivity contribution in [2.45, 2.75) is 58.0 Å². The van der Waals surface area contributed by atoms with E-state index in [0.29, 0.717) is 5.92 Å². The summed E-state index contributed by atoms with van der Waals surface area (Å²) in [5, 5.41) is 4.11. The van der Waals surface area contributed by atoms with E-state index in [-0.39, 0.29) is 17.5 Å². The monoisotopic (exact) mass is 264 g/mol. The van der Waals surface area contributed by atoms with Crippen LogP contribution >= 0.6 is 0 Å². The normalized spacial score (nSPS) is 29.4. The van der Waals surface area contributed by atoms with Gasteiger partial charge in [-0.25, -0.2) is 0 Å². The summed E-state index contributed by atoms with van der Waals surface area (Å²) in [6.07, 6.45) is 3.44. The highest BCUT2D eigenvalue weighted by atomic mass is 16.5. The fourth-order valence-electron chi connectivity index (χ4n) is 2.83. The second-order valence-electron chi connectivity index (χ2n) is 6.80. The third-order valence-corrected chi connectivity index (χ3v) is 4.65. The van der Waals surface area contributed by atoms with Gasteiger partial charge in [-0.15, -0.1) is 0 Å². The minimum atomic E-state index is 0.145. The topological polar surface area (TPSA) is 68.2 Å². The van der Waals surface area contributed by atoms with Gasteiger partial charge < -0.3 is 10.3 Å². The lowest BCUT2D eigenvalue weighted by Crippen LogP contribution is -2.52. The van der Waals surface area contributed by atoms with Gasteiger partial charge in [0, 0.05) is 25.0 Å².